The summed E-state index contributed by atoms with van der Waals surface area (Å²) in [5.74, 6) is -0.321. The Labute approximate surface area is 151 Å². The number of sulfonamides is 1. The predicted octanol–water partition coefficient (Wildman–Crippen LogP) is 1.29. The fraction of sp³-hybridized carbons (Fsp3) is 0.571. The van der Waals surface area contributed by atoms with Crippen molar-refractivity contribution in [1.82, 2.24) is 14.6 Å². The summed E-state index contributed by atoms with van der Waals surface area (Å²) in [6.07, 6.45) is 2.57. The lowest BCUT2D eigenvalue weighted by atomic mass is 9.97. The van der Waals surface area contributed by atoms with E-state index in [9.17, 15) is 13.2 Å². The smallest absolute Gasteiger partial charge is 0.244 e. The number of hydrogen-bond acceptors (Lipinski definition) is 5. The molecule has 0 radical (unpaired) electrons. The van der Waals surface area contributed by atoms with E-state index in [1.54, 1.807) is 0 Å². The van der Waals surface area contributed by atoms with E-state index < -0.39 is 10.0 Å². The lowest BCUT2D eigenvalue weighted by Gasteiger charge is -2.30. The highest BCUT2D eigenvalue weighted by Crippen LogP contribution is 2.27. The molecule has 1 aromatic rings. The molecular weight excluding hydrogens is 377 g/mol. The van der Waals surface area contributed by atoms with Gasteiger partial charge in [0.15, 0.2) is 0 Å². The van der Waals surface area contributed by atoms with Crippen molar-refractivity contribution in [2.24, 2.45) is 5.92 Å². The van der Waals surface area contributed by atoms with Crippen molar-refractivity contribution >= 4 is 39.1 Å². The van der Waals surface area contributed by atoms with E-state index in [0.717, 1.165) is 0 Å². The van der Waals surface area contributed by atoms with Crippen LogP contribution in [0.25, 0.3) is 0 Å². The zero-order valence-electron chi connectivity index (χ0n) is 12.9. The maximum absolute atomic E-state index is 12.6. The molecule has 0 aromatic carbocycles. The van der Waals surface area contributed by atoms with Crippen LogP contribution in [-0.4, -0.2) is 55.0 Å². The summed E-state index contributed by atoms with van der Waals surface area (Å²) in [7, 11) is -3.71. The summed E-state index contributed by atoms with van der Waals surface area (Å²) in [6, 6.07) is 1.28. The Bertz CT molecular complexity index is 691. The van der Waals surface area contributed by atoms with E-state index in [1.165, 1.54) is 16.6 Å². The van der Waals surface area contributed by atoms with Crippen LogP contribution in [0.15, 0.2) is 17.2 Å². The largest absolute Gasteiger partial charge is 0.396 e. The Morgan fingerprint density at radius 3 is 2.62 bits per heavy atom. The lowest BCUT2D eigenvalue weighted by molar-refractivity contribution is -0.126. The first-order valence-corrected chi connectivity index (χ1v) is 9.75. The molecule has 1 amide bonds. The second kappa shape index (κ2) is 8.44. The Morgan fingerprint density at radius 1 is 1.38 bits per heavy atom. The molecular formula is C14H19Cl2N3O4S. The van der Waals surface area contributed by atoms with Gasteiger partial charge in [0.05, 0.1) is 5.02 Å². The zero-order valence-corrected chi connectivity index (χ0v) is 15.2. The number of carbonyl (C=O) groups excluding carboxylic acids is 1. The maximum atomic E-state index is 12.6. The zero-order chi connectivity index (χ0) is 17.7. The van der Waals surface area contributed by atoms with Gasteiger partial charge >= 0.3 is 0 Å². The van der Waals surface area contributed by atoms with Crippen LogP contribution in [0.1, 0.15) is 19.3 Å². The molecule has 0 bridgehead atoms. The topological polar surface area (TPSA) is 99.6 Å². The molecule has 1 fully saturated rings. The molecule has 1 saturated heterocycles. The molecule has 2 N–H and O–H groups in total. The van der Waals surface area contributed by atoms with Gasteiger partial charge in [-0.15, -0.1) is 0 Å². The van der Waals surface area contributed by atoms with Gasteiger partial charge in [-0.2, -0.15) is 4.31 Å². The Morgan fingerprint density at radius 2 is 2.04 bits per heavy atom. The lowest BCUT2D eigenvalue weighted by Crippen LogP contribution is -2.43. The number of piperidine rings is 1. The number of aliphatic hydroxyl groups is 1. The van der Waals surface area contributed by atoms with Gasteiger partial charge in [-0.25, -0.2) is 13.4 Å². The van der Waals surface area contributed by atoms with Crippen molar-refractivity contribution in [2.45, 2.75) is 24.2 Å². The predicted molar refractivity (Wildman–Crippen MR) is 90.5 cm³/mol. The molecule has 0 spiro atoms. The average Bonchev–Trinajstić information content (AvgIpc) is 2.57. The van der Waals surface area contributed by atoms with Gasteiger partial charge in [0.25, 0.3) is 0 Å². The molecule has 1 aliphatic rings. The third-order valence-corrected chi connectivity index (χ3v) is 6.42. The highest BCUT2D eigenvalue weighted by atomic mass is 35.5. The van der Waals surface area contributed by atoms with Crippen LogP contribution in [0.2, 0.25) is 10.2 Å². The van der Waals surface area contributed by atoms with E-state index in [0.29, 0.717) is 25.8 Å². The standard InChI is InChI=1S/C14H19Cl2N3O4S/c15-12-8-11(9-18-13(12)16)24(22,23)19-5-2-10(3-6-19)14(21)17-4-1-7-20/h8-10,20H,1-7H2,(H,17,21). The maximum Gasteiger partial charge on any atom is 0.244 e. The van der Waals surface area contributed by atoms with Gasteiger partial charge in [-0.1, -0.05) is 23.2 Å². The molecule has 0 saturated carbocycles. The van der Waals surface area contributed by atoms with E-state index in [4.69, 9.17) is 28.3 Å². The number of hydrogen-bond donors (Lipinski definition) is 2. The first kappa shape index (κ1) is 19.4. The van der Waals surface area contributed by atoms with Gasteiger partial charge in [0.1, 0.15) is 10.0 Å². The highest BCUT2D eigenvalue weighted by Gasteiger charge is 2.32. The number of amides is 1. The van der Waals surface area contributed by atoms with Crippen molar-refractivity contribution in [3.8, 4) is 0 Å². The molecule has 134 valence electrons. The number of carbonyl (C=O) groups is 1. The Balaban J connectivity index is 1.98. The minimum atomic E-state index is -3.71. The highest BCUT2D eigenvalue weighted by molar-refractivity contribution is 7.89. The Kier molecular flexibility index (Phi) is 6.82. The fourth-order valence-electron chi connectivity index (χ4n) is 2.49. The third kappa shape index (κ3) is 4.58. The van der Waals surface area contributed by atoms with Crippen molar-refractivity contribution in [2.75, 3.05) is 26.2 Å². The first-order chi connectivity index (χ1) is 11.4. The number of nitrogens with one attached hydrogen (secondary N) is 1. The van der Waals surface area contributed by atoms with Gasteiger partial charge in [0.2, 0.25) is 15.9 Å². The number of pyridine rings is 1. The fourth-order valence-corrected chi connectivity index (χ4v) is 4.26. The van der Waals surface area contributed by atoms with Gasteiger partial charge in [0, 0.05) is 38.4 Å². The van der Waals surface area contributed by atoms with E-state index >= 15 is 0 Å². The molecule has 2 heterocycles. The van der Waals surface area contributed by atoms with Crippen LogP contribution in [0, 0.1) is 5.92 Å². The second-order valence-electron chi connectivity index (χ2n) is 5.49. The Hall–Kier alpha value is -0.930. The van der Waals surface area contributed by atoms with Gasteiger partial charge in [-0.3, -0.25) is 4.79 Å². The normalized spacial score (nSPS) is 17.0. The van der Waals surface area contributed by atoms with Crippen molar-refractivity contribution in [1.29, 1.82) is 0 Å². The summed E-state index contributed by atoms with van der Waals surface area (Å²) in [6.45, 7) is 0.943. The minimum absolute atomic E-state index is 0.0113. The van der Waals surface area contributed by atoms with E-state index in [2.05, 4.69) is 10.3 Å². The SMILES string of the molecule is O=C(NCCCO)C1CCN(S(=O)(=O)c2cnc(Cl)c(Cl)c2)CC1. The number of halogens is 2. The molecule has 1 aromatic heterocycles. The summed E-state index contributed by atoms with van der Waals surface area (Å²) < 4.78 is 26.5. The van der Waals surface area contributed by atoms with Crippen molar-refractivity contribution in [3.05, 3.63) is 22.4 Å². The van der Waals surface area contributed by atoms with Crippen LogP contribution in [-0.2, 0) is 14.8 Å². The first-order valence-electron chi connectivity index (χ1n) is 7.56. The summed E-state index contributed by atoms with van der Waals surface area (Å²) in [4.78, 5) is 15.7. The molecule has 0 atom stereocenters. The number of nitrogens with zero attached hydrogens (tertiary/aromatic N) is 2. The van der Waals surface area contributed by atoms with Crippen LogP contribution >= 0.6 is 23.2 Å². The quantitative estimate of drug-likeness (QED) is 0.558. The van der Waals surface area contributed by atoms with Crippen LogP contribution in [0.3, 0.4) is 0 Å². The molecule has 7 nitrogen and oxygen atoms in total. The third-order valence-electron chi connectivity index (χ3n) is 3.87. The molecule has 10 heteroatoms. The van der Waals surface area contributed by atoms with Crippen molar-refractivity contribution in [3.63, 3.8) is 0 Å². The number of aliphatic hydroxyl groups excluding tert-OH is 1. The number of rotatable bonds is 6. The molecule has 24 heavy (non-hydrogen) atoms. The minimum Gasteiger partial charge on any atom is -0.396 e. The van der Waals surface area contributed by atoms with Gasteiger partial charge < -0.3 is 10.4 Å². The molecule has 0 aliphatic carbocycles. The van der Waals surface area contributed by atoms with Crippen LogP contribution in [0.5, 0.6) is 0 Å². The van der Waals surface area contributed by atoms with Crippen LogP contribution in [0.4, 0.5) is 0 Å². The molecule has 2 rings (SSSR count). The van der Waals surface area contributed by atoms with Crippen molar-refractivity contribution < 1.29 is 18.3 Å². The summed E-state index contributed by atoms with van der Waals surface area (Å²) in [5.41, 5.74) is 0. The molecule has 0 unspecified atom stereocenters. The average molecular weight is 396 g/mol. The second-order valence-corrected chi connectivity index (χ2v) is 8.19. The van der Waals surface area contributed by atoms with E-state index in [1.807, 2.05) is 0 Å². The van der Waals surface area contributed by atoms with E-state index in [-0.39, 0.29) is 46.6 Å². The summed E-state index contributed by atoms with van der Waals surface area (Å²) in [5, 5.41) is 11.6. The van der Waals surface area contributed by atoms with Crippen LogP contribution < -0.4 is 5.32 Å². The summed E-state index contributed by atoms with van der Waals surface area (Å²) >= 11 is 11.5. The van der Waals surface area contributed by atoms with Gasteiger partial charge in [-0.05, 0) is 25.3 Å². The monoisotopic (exact) mass is 395 g/mol. The molecule has 1 aliphatic heterocycles. The number of aromatic nitrogens is 1.